The average molecular weight is 344 g/mol. The Morgan fingerprint density at radius 1 is 1.55 bits per heavy atom. The summed E-state index contributed by atoms with van der Waals surface area (Å²) < 4.78 is 5.94. The molecule has 1 rings (SSSR count). The van der Waals surface area contributed by atoms with Crippen LogP contribution in [0.1, 0.15) is 25.3 Å². The van der Waals surface area contributed by atoms with Gasteiger partial charge < -0.3 is 21.0 Å². The minimum Gasteiger partial charge on any atom is -0.409 e. The van der Waals surface area contributed by atoms with Gasteiger partial charge in [-0.1, -0.05) is 21.1 Å². The zero-order valence-corrected chi connectivity index (χ0v) is 12.8. The molecule has 0 spiro atoms. The molecule has 0 radical (unpaired) electrons. The summed E-state index contributed by atoms with van der Waals surface area (Å²) in [7, 11) is 0. The Bertz CT molecular complexity index is 492. The van der Waals surface area contributed by atoms with Gasteiger partial charge in [-0.25, -0.2) is 0 Å². The third kappa shape index (κ3) is 5.18. The van der Waals surface area contributed by atoms with E-state index in [1.54, 1.807) is 18.2 Å². The largest absolute Gasteiger partial charge is 0.409 e. The molecule has 20 heavy (non-hydrogen) atoms. The van der Waals surface area contributed by atoms with Crippen molar-refractivity contribution in [3.05, 3.63) is 28.2 Å². The number of nitrogens with two attached hydrogens (primary N) is 1. The van der Waals surface area contributed by atoms with Crippen molar-refractivity contribution in [3.8, 4) is 0 Å². The third-order valence-electron chi connectivity index (χ3n) is 2.54. The lowest BCUT2D eigenvalue weighted by Gasteiger charge is -2.10. The fourth-order valence-electron chi connectivity index (χ4n) is 1.58. The number of anilines is 1. The summed E-state index contributed by atoms with van der Waals surface area (Å²) >= 11 is 3.30. The molecule has 7 heteroatoms. The molecule has 0 aliphatic heterocycles. The number of benzene rings is 1. The summed E-state index contributed by atoms with van der Waals surface area (Å²) in [5, 5.41) is 14.5. The van der Waals surface area contributed by atoms with Crippen LogP contribution in [0, 0.1) is 0 Å². The lowest BCUT2D eigenvalue weighted by molar-refractivity contribution is -0.116. The van der Waals surface area contributed by atoms with Crippen molar-refractivity contribution < 1.29 is 14.7 Å². The highest BCUT2D eigenvalue weighted by atomic mass is 79.9. The summed E-state index contributed by atoms with van der Waals surface area (Å²) in [5.41, 5.74) is 6.55. The van der Waals surface area contributed by atoms with Crippen molar-refractivity contribution in [2.24, 2.45) is 10.9 Å². The number of hydrogen-bond donors (Lipinski definition) is 3. The molecule has 0 heterocycles. The molecule has 1 amide bonds. The minimum atomic E-state index is -0.140. The fraction of sp³-hybridized carbons (Fsp3) is 0.385. The van der Waals surface area contributed by atoms with Gasteiger partial charge in [0.15, 0.2) is 5.84 Å². The zero-order valence-electron chi connectivity index (χ0n) is 11.2. The van der Waals surface area contributed by atoms with Crippen LogP contribution in [-0.4, -0.2) is 30.2 Å². The number of oxime groups is 1. The maximum Gasteiger partial charge on any atom is 0.224 e. The van der Waals surface area contributed by atoms with E-state index < -0.39 is 0 Å². The first kappa shape index (κ1) is 16.5. The first-order valence-electron chi connectivity index (χ1n) is 6.23. The number of halogens is 1. The van der Waals surface area contributed by atoms with Gasteiger partial charge in [0, 0.05) is 29.7 Å². The number of amides is 1. The van der Waals surface area contributed by atoms with Crippen molar-refractivity contribution in [1.29, 1.82) is 0 Å². The van der Waals surface area contributed by atoms with Crippen molar-refractivity contribution in [3.63, 3.8) is 0 Å². The molecule has 4 N–H and O–H groups in total. The van der Waals surface area contributed by atoms with Gasteiger partial charge in [0.05, 0.1) is 5.69 Å². The molecule has 0 bridgehead atoms. The number of carbonyl (C=O) groups is 1. The highest BCUT2D eigenvalue weighted by Gasteiger charge is 2.10. The maximum absolute atomic E-state index is 11.8. The summed E-state index contributed by atoms with van der Waals surface area (Å²) in [4.78, 5) is 11.8. The van der Waals surface area contributed by atoms with E-state index in [0.29, 0.717) is 37.3 Å². The molecular formula is C13H18BrN3O3. The second kappa shape index (κ2) is 8.55. The molecule has 0 unspecified atom stereocenters. The summed E-state index contributed by atoms with van der Waals surface area (Å²) in [6, 6.07) is 5.13. The van der Waals surface area contributed by atoms with Gasteiger partial charge in [-0.05, 0) is 31.5 Å². The lowest BCUT2D eigenvalue weighted by Crippen LogP contribution is -2.19. The van der Waals surface area contributed by atoms with Gasteiger partial charge in [-0.2, -0.15) is 0 Å². The molecular weight excluding hydrogens is 326 g/mol. The van der Waals surface area contributed by atoms with E-state index in [-0.39, 0.29) is 11.7 Å². The number of ether oxygens (including phenoxy) is 1. The van der Waals surface area contributed by atoms with Crippen LogP contribution in [0.3, 0.4) is 0 Å². The summed E-state index contributed by atoms with van der Waals surface area (Å²) in [5.74, 6) is -0.199. The molecule has 0 aliphatic rings. The standard InChI is InChI=1S/C13H18BrN3O3/c1-2-20-7-3-4-12(18)16-11-6-5-9(14)8-10(11)13(15)17-19/h5-6,8,19H,2-4,7H2,1H3,(H2,15,17)(H,16,18). The predicted molar refractivity (Wildman–Crippen MR) is 81.0 cm³/mol. The zero-order chi connectivity index (χ0) is 15.0. The molecule has 0 atom stereocenters. The summed E-state index contributed by atoms with van der Waals surface area (Å²) in [6.07, 6.45) is 1.00. The Balaban J connectivity index is 2.69. The number of nitrogens with zero attached hydrogens (tertiary/aromatic N) is 1. The lowest BCUT2D eigenvalue weighted by atomic mass is 10.1. The molecule has 0 aliphatic carbocycles. The monoisotopic (exact) mass is 343 g/mol. The average Bonchev–Trinajstić information content (AvgIpc) is 2.44. The minimum absolute atomic E-state index is 0.0593. The van der Waals surface area contributed by atoms with E-state index in [9.17, 15) is 4.79 Å². The van der Waals surface area contributed by atoms with E-state index in [1.807, 2.05) is 6.92 Å². The van der Waals surface area contributed by atoms with Crippen molar-refractivity contribution in [2.45, 2.75) is 19.8 Å². The second-order valence-corrected chi connectivity index (χ2v) is 4.94. The third-order valence-corrected chi connectivity index (χ3v) is 3.03. The highest BCUT2D eigenvalue weighted by Crippen LogP contribution is 2.21. The number of carbonyl (C=O) groups excluding carboxylic acids is 1. The van der Waals surface area contributed by atoms with Crippen LogP contribution in [-0.2, 0) is 9.53 Å². The van der Waals surface area contributed by atoms with Crippen molar-refractivity contribution in [1.82, 2.24) is 0 Å². The molecule has 110 valence electrons. The van der Waals surface area contributed by atoms with Crippen LogP contribution in [0.2, 0.25) is 0 Å². The Morgan fingerprint density at radius 3 is 2.95 bits per heavy atom. The van der Waals surface area contributed by atoms with Crippen LogP contribution in [0.15, 0.2) is 27.8 Å². The van der Waals surface area contributed by atoms with E-state index in [0.717, 1.165) is 4.47 Å². The number of amidine groups is 1. The Kier molecular flexibility index (Phi) is 7.03. The van der Waals surface area contributed by atoms with E-state index >= 15 is 0 Å². The second-order valence-electron chi connectivity index (χ2n) is 4.02. The maximum atomic E-state index is 11.8. The van der Waals surface area contributed by atoms with Gasteiger partial charge in [-0.3, -0.25) is 4.79 Å². The van der Waals surface area contributed by atoms with Crippen LogP contribution < -0.4 is 11.1 Å². The molecule has 1 aromatic rings. The van der Waals surface area contributed by atoms with Gasteiger partial charge in [-0.15, -0.1) is 0 Å². The Morgan fingerprint density at radius 2 is 2.30 bits per heavy atom. The van der Waals surface area contributed by atoms with Gasteiger partial charge in [0.2, 0.25) is 5.91 Å². The summed E-state index contributed by atoms with van der Waals surface area (Å²) in [6.45, 7) is 3.10. The molecule has 0 aromatic heterocycles. The molecule has 0 fully saturated rings. The van der Waals surface area contributed by atoms with Crippen molar-refractivity contribution in [2.75, 3.05) is 18.5 Å². The van der Waals surface area contributed by atoms with Crippen LogP contribution in [0.4, 0.5) is 5.69 Å². The van der Waals surface area contributed by atoms with Crippen LogP contribution in [0.5, 0.6) is 0 Å². The molecule has 0 saturated heterocycles. The first-order chi connectivity index (χ1) is 9.58. The Labute approximate surface area is 126 Å². The fourth-order valence-corrected chi connectivity index (χ4v) is 1.94. The smallest absolute Gasteiger partial charge is 0.224 e. The Hall–Kier alpha value is -1.60. The first-order valence-corrected chi connectivity index (χ1v) is 7.02. The van der Waals surface area contributed by atoms with E-state index in [1.165, 1.54) is 0 Å². The SMILES string of the molecule is CCOCCCC(=O)Nc1ccc(Br)cc1/C(N)=N/O. The van der Waals surface area contributed by atoms with E-state index in [2.05, 4.69) is 26.4 Å². The van der Waals surface area contributed by atoms with Crippen molar-refractivity contribution >= 4 is 33.4 Å². The van der Waals surface area contributed by atoms with Crippen LogP contribution in [0.25, 0.3) is 0 Å². The van der Waals surface area contributed by atoms with Crippen LogP contribution >= 0.6 is 15.9 Å². The topological polar surface area (TPSA) is 96.9 Å². The number of nitrogens with one attached hydrogen (secondary N) is 1. The molecule has 6 nitrogen and oxygen atoms in total. The quantitative estimate of drug-likeness (QED) is 0.232. The highest BCUT2D eigenvalue weighted by molar-refractivity contribution is 9.10. The number of hydrogen-bond acceptors (Lipinski definition) is 4. The van der Waals surface area contributed by atoms with Gasteiger partial charge >= 0.3 is 0 Å². The number of rotatable bonds is 7. The van der Waals surface area contributed by atoms with Gasteiger partial charge in [0.1, 0.15) is 0 Å². The molecule has 1 aromatic carbocycles. The van der Waals surface area contributed by atoms with E-state index in [4.69, 9.17) is 15.7 Å². The predicted octanol–water partition coefficient (Wildman–Crippen LogP) is 2.30. The molecule has 0 saturated carbocycles. The normalized spacial score (nSPS) is 11.4. The van der Waals surface area contributed by atoms with Gasteiger partial charge in [0.25, 0.3) is 0 Å².